The fraction of sp³-hybridized carbons (Fsp3) is 0.400. The van der Waals surface area contributed by atoms with E-state index in [1.54, 1.807) is 0 Å². The topological polar surface area (TPSA) is 46.2 Å². The fourth-order valence-electron chi connectivity index (χ4n) is 1.76. The number of amides is 1. The van der Waals surface area contributed by atoms with Gasteiger partial charge in [-0.3, -0.25) is 9.59 Å². The molecular formula is C10H11NO2S. The molecule has 14 heavy (non-hydrogen) atoms. The molecule has 2 rings (SSSR count). The van der Waals surface area contributed by atoms with Crippen molar-refractivity contribution in [2.45, 2.75) is 25.8 Å². The molecule has 3 nitrogen and oxygen atoms in total. The SMILES string of the molecule is CC(=O)N[C@H]1CCC(=O)c2sccc21. The van der Waals surface area contributed by atoms with Crippen LogP contribution in [-0.2, 0) is 4.79 Å². The van der Waals surface area contributed by atoms with E-state index in [9.17, 15) is 9.59 Å². The number of Topliss-reactive ketones (excluding diaryl/α,β-unsaturated/α-hetero) is 1. The van der Waals surface area contributed by atoms with Crippen LogP contribution in [0.4, 0.5) is 0 Å². The van der Waals surface area contributed by atoms with Crippen LogP contribution in [0, 0.1) is 0 Å². The zero-order valence-corrected chi connectivity index (χ0v) is 8.69. The number of hydrogen-bond acceptors (Lipinski definition) is 3. The average molecular weight is 209 g/mol. The van der Waals surface area contributed by atoms with Crippen molar-refractivity contribution in [3.63, 3.8) is 0 Å². The van der Waals surface area contributed by atoms with Crippen LogP contribution in [0.15, 0.2) is 11.4 Å². The second-order valence-electron chi connectivity index (χ2n) is 3.42. The molecule has 0 aromatic carbocycles. The summed E-state index contributed by atoms with van der Waals surface area (Å²) >= 11 is 1.46. The molecule has 4 heteroatoms. The number of rotatable bonds is 1. The first kappa shape index (κ1) is 9.40. The van der Waals surface area contributed by atoms with Crippen LogP contribution in [0.1, 0.15) is 41.0 Å². The highest BCUT2D eigenvalue weighted by molar-refractivity contribution is 7.12. The first-order valence-corrected chi connectivity index (χ1v) is 5.44. The molecule has 0 saturated carbocycles. The maximum absolute atomic E-state index is 11.5. The number of hydrogen-bond donors (Lipinski definition) is 1. The van der Waals surface area contributed by atoms with E-state index in [0.29, 0.717) is 6.42 Å². The molecule has 1 aliphatic carbocycles. The molecule has 1 heterocycles. The third-order valence-electron chi connectivity index (χ3n) is 2.36. The molecule has 0 bridgehead atoms. The number of ketones is 1. The summed E-state index contributed by atoms with van der Waals surface area (Å²) in [6.45, 7) is 1.50. The molecule has 1 aliphatic rings. The van der Waals surface area contributed by atoms with Crippen molar-refractivity contribution in [3.8, 4) is 0 Å². The highest BCUT2D eigenvalue weighted by Gasteiger charge is 2.26. The molecule has 0 unspecified atom stereocenters. The van der Waals surface area contributed by atoms with Crippen molar-refractivity contribution in [2.24, 2.45) is 0 Å². The van der Waals surface area contributed by atoms with Crippen LogP contribution in [0.3, 0.4) is 0 Å². The van der Waals surface area contributed by atoms with Crippen molar-refractivity contribution < 1.29 is 9.59 Å². The summed E-state index contributed by atoms with van der Waals surface area (Å²) in [4.78, 5) is 23.2. The second-order valence-corrected chi connectivity index (χ2v) is 4.34. The predicted octanol–water partition coefficient (Wildman–Crippen LogP) is 1.90. The summed E-state index contributed by atoms with van der Waals surface area (Å²) in [6.07, 6.45) is 1.26. The number of carbonyl (C=O) groups is 2. The van der Waals surface area contributed by atoms with Gasteiger partial charge in [0, 0.05) is 13.3 Å². The van der Waals surface area contributed by atoms with Crippen molar-refractivity contribution in [1.29, 1.82) is 0 Å². The van der Waals surface area contributed by atoms with Crippen LogP contribution in [0.2, 0.25) is 0 Å². The van der Waals surface area contributed by atoms with Gasteiger partial charge in [0.2, 0.25) is 5.91 Å². The van der Waals surface area contributed by atoms with Gasteiger partial charge in [-0.15, -0.1) is 11.3 Å². The molecule has 0 spiro atoms. The maximum Gasteiger partial charge on any atom is 0.217 e. The lowest BCUT2D eigenvalue weighted by Gasteiger charge is -2.22. The van der Waals surface area contributed by atoms with E-state index in [1.807, 2.05) is 11.4 Å². The molecule has 1 aromatic heterocycles. The lowest BCUT2D eigenvalue weighted by Crippen LogP contribution is -2.29. The number of thiophene rings is 1. The predicted molar refractivity (Wildman–Crippen MR) is 54.4 cm³/mol. The third-order valence-corrected chi connectivity index (χ3v) is 3.33. The standard InChI is InChI=1S/C10H11NO2S/c1-6(12)11-8-2-3-9(13)10-7(8)4-5-14-10/h4-5,8H,2-3H2,1H3,(H,11,12)/t8-/m0/s1. The zero-order chi connectivity index (χ0) is 10.1. The fourth-order valence-corrected chi connectivity index (χ4v) is 2.69. The molecule has 0 fully saturated rings. The van der Waals surface area contributed by atoms with E-state index < -0.39 is 0 Å². The lowest BCUT2D eigenvalue weighted by atomic mass is 9.93. The Hall–Kier alpha value is -1.16. The molecule has 0 aliphatic heterocycles. The molecule has 1 atom stereocenters. The first-order valence-electron chi connectivity index (χ1n) is 4.56. The minimum Gasteiger partial charge on any atom is -0.349 e. The van der Waals surface area contributed by atoms with Gasteiger partial charge >= 0.3 is 0 Å². The van der Waals surface area contributed by atoms with Crippen molar-refractivity contribution >= 4 is 23.0 Å². The zero-order valence-electron chi connectivity index (χ0n) is 7.87. The van der Waals surface area contributed by atoms with Crippen LogP contribution in [-0.4, -0.2) is 11.7 Å². The van der Waals surface area contributed by atoms with E-state index >= 15 is 0 Å². The summed E-state index contributed by atoms with van der Waals surface area (Å²) < 4.78 is 0. The molecule has 1 N–H and O–H groups in total. The summed E-state index contributed by atoms with van der Waals surface area (Å²) in [5, 5.41) is 4.77. The van der Waals surface area contributed by atoms with Crippen molar-refractivity contribution in [2.75, 3.05) is 0 Å². The Morgan fingerprint density at radius 3 is 3.14 bits per heavy atom. The van der Waals surface area contributed by atoms with Crippen molar-refractivity contribution in [3.05, 3.63) is 21.9 Å². The summed E-state index contributed by atoms with van der Waals surface area (Å²) in [6, 6.07) is 1.96. The normalized spacial score (nSPS) is 20.4. The number of nitrogens with one attached hydrogen (secondary N) is 1. The minimum atomic E-state index is -0.0403. The first-order chi connectivity index (χ1) is 6.68. The Bertz CT molecular complexity index is 383. The van der Waals surface area contributed by atoms with Crippen LogP contribution in [0.25, 0.3) is 0 Å². The van der Waals surface area contributed by atoms with Gasteiger partial charge in [0.15, 0.2) is 5.78 Å². The Labute approximate surface area is 86.1 Å². The van der Waals surface area contributed by atoms with E-state index in [0.717, 1.165) is 16.9 Å². The van der Waals surface area contributed by atoms with Gasteiger partial charge < -0.3 is 5.32 Å². The lowest BCUT2D eigenvalue weighted by molar-refractivity contribution is -0.119. The van der Waals surface area contributed by atoms with Gasteiger partial charge in [0.1, 0.15) is 0 Å². The average Bonchev–Trinajstić information content (AvgIpc) is 2.58. The Morgan fingerprint density at radius 1 is 1.64 bits per heavy atom. The van der Waals surface area contributed by atoms with E-state index in [4.69, 9.17) is 0 Å². The summed E-state index contributed by atoms with van der Waals surface area (Å²) in [5.74, 6) is 0.165. The van der Waals surface area contributed by atoms with Gasteiger partial charge in [0.05, 0.1) is 10.9 Å². The Kier molecular flexibility index (Phi) is 2.37. The van der Waals surface area contributed by atoms with Gasteiger partial charge in [0.25, 0.3) is 0 Å². The van der Waals surface area contributed by atoms with Crippen LogP contribution >= 0.6 is 11.3 Å². The maximum atomic E-state index is 11.5. The molecule has 0 saturated heterocycles. The molecule has 1 amide bonds. The largest absolute Gasteiger partial charge is 0.349 e. The highest BCUT2D eigenvalue weighted by atomic mass is 32.1. The summed E-state index contributed by atoms with van der Waals surface area (Å²) in [7, 11) is 0. The molecular weight excluding hydrogens is 198 g/mol. The van der Waals surface area contributed by atoms with Gasteiger partial charge in [-0.25, -0.2) is 0 Å². The smallest absolute Gasteiger partial charge is 0.217 e. The van der Waals surface area contributed by atoms with Crippen LogP contribution < -0.4 is 5.32 Å². The molecule has 74 valence electrons. The Morgan fingerprint density at radius 2 is 2.43 bits per heavy atom. The van der Waals surface area contributed by atoms with Gasteiger partial charge in [-0.05, 0) is 23.4 Å². The summed E-state index contributed by atoms with van der Waals surface area (Å²) in [5.41, 5.74) is 0.987. The van der Waals surface area contributed by atoms with E-state index in [2.05, 4.69) is 5.32 Å². The minimum absolute atomic E-state index is 0.0337. The second kappa shape index (κ2) is 3.53. The van der Waals surface area contributed by atoms with Crippen molar-refractivity contribution in [1.82, 2.24) is 5.32 Å². The molecule has 0 radical (unpaired) electrons. The van der Waals surface area contributed by atoms with Gasteiger partial charge in [-0.1, -0.05) is 0 Å². The van der Waals surface area contributed by atoms with E-state index in [1.165, 1.54) is 18.3 Å². The third kappa shape index (κ3) is 1.57. The number of fused-ring (bicyclic) bond motifs is 1. The molecule has 1 aromatic rings. The Balaban J connectivity index is 2.29. The monoisotopic (exact) mass is 209 g/mol. The number of carbonyl (C=O) groups excluding carboxylic acids is 2. The van der Waals surface area contributed by atoms with E-state index in [-0.39, 0.29) is 17.7 Å². The highest BCUT2D eigenvalue weighted by Crippen LogP contribution is 2.33. The van der Waals surface area contributed by atoms with Crippen LogP contribution in [0.5, 0.6) is 0 Å². The van der Waals surface area contributed by atoms with Gasteiger partial charge in [-0.2, -0.15) is 0 Å². The quantitative estimate of drug-likeness (QED) is 0.767.